The third kappa shape index (κ3) is 4.93. The Balaban J connectivity index is 1.52. The number of rotatable bonds is 5. The Morgan fingerprint density at radius 2 is 1.88 bits per heavy atom. The summed E-state index contributed by atoms with van der Waals surface area (Å²) in [5.74, 6) is 0.626. The average Bonchev–Trinajstić information content (AvgIpc) is 2.64. The molecule has 0 spiro atoms. The number of hydrogen-bond acceptors (Lipinski definition) is 3. The Morgan fingerprint density at radius 3 is 2.62 bits per heavy atom. The molecule has 0 radical (unpaired) electrons. The van der Waals surface area contributed by atoms with Crippen LogP contribution in [0.3, 0.4) is 0 Å². The van der Waals surface area contributed by atoms with Gasteiger partial charge in [-0.2, -0.15) is 0 Å². The first-order chi connectivity index (χ1) is 12.7. The van der Waals surface area contributed by atoms with E-state index in [9.17, 15) is 4.39 Å². The van der Waals surface area contributed by atoms with E-state index in [1.54, 1.807) is 12.1 Å². The predicted octanol–water partition coefficient (Wildman–Crippen LogP) is 3.74. The van der Waals surface area contributed by atoms with Crippen LogP contribution in [-0.4, -0.2) is 47.7 Å². The van der Waals surface area contributed by atoms with Crippen molar-refractivity contribution in [2.24, 2.45) is 0 Å². The summed E-state index contributed by atoms with van der Waals surface area (Å²) in [5, 5.41) is 4.01. The quantitative estimate of drug-likeness (QED) is 0.806. The summed E-state index contributed by atoms with van der Waals surface area (Å²) in [7, 11) is 0. The van der Waals surface area contributed by atoms with Crippen LogP contribution in [-0.2, 0) is 6.54 Å². The van der Waals surface area contributed by atoms with Crippen molar-refractivity contribution in [3.8, 4) is 5.75 Å². The fourth-order valence-electron chi connectivity index (χ4n) is 3.05. The van der Waals surface area contributed by atoms with Crippen molar-refractivity contribution in [1.29, 1.82) is 0 Å². The molecule has 1 aliphatic heterocycles. The van der Waals surface area contributed by atoms with E-state index in [2.05, 4.69) is 15.1 Å². The van der Waals surface area contributed by atoms with Gasteiger partial charge in [0.2, 0.25) is 0 Å². The number of thiocarbonyl (C=S) groups is 1. The molecule has 1 N–H and O–H groups in total. The lowest BCUT2D eigenvalue weighted by Gasteiger charge is -2.36. The number of ether oxygens (including phenoxy) is 1. The van der Waals surface area contributed by atoms with Gasteiger partial charge in [-0.15, -0.1) is 0 Å². The molecule has 2 aromatic rings. The van der Waals surface area contributed by atoms with E-state index in [0.717, 1.165) is 49.7 Å². The molecule has 4 nitrogen and oxygen atoms in total. The summed E-state index contributed by atoms with van der Waals surface area (Å²) in [6.45, 7) is 6.82. The van der Waals surface area contributed by atoms with Crippen LogP contribution in [0.4, 0.5) is 10.1 Å². The lowest BCUT2D eigenvalue weighted by molar-refractivity contribution is 0.177. The fourth-order valence-corrected chi connectivity index (χ4v) is 3.34. The van der Waals surface area contributed by atoms with Crippen molar-refractivity contribution >= 4 is 23.0 Å². The molecule has 0 unspecified atom stereocenters. The highest BCUT2D eigenvalue weighted by atomic mass is 32.1. The highest BCUT2D eigenvalue weighted by molar-refractivity contribution is 7.80. The summed E-state index contributed by atoms with van der Waals surface area (Å²) in [4.78, 5) is 4.49. The average molecular weight is 373 g/mol. The number of nitrogens with one attached hydrogen (secondary N) is 1. The molecular formula is C20H24FN3OS. The predicted molar refractivity (Wildman–Crippen MR) is 107 cm³/mol. The van der Waals surface area contributed by atoms with E-state index < -0.39 is 0 Å². The van der Waals surface area contributed by atoms with E-state index in [0.29, 0.717) is 11.7 Å². The van der Waals surface area contributed by atoms with Gasteiger partial charge >= 0.3 is 0 Å². The van der Waals surface area contributed by atoms with Gasteiger partial charge in [0.1, 0.15) is 11.6 Å². The molecule has 0 aromatic heterocycles. The first kappa shape index (κ1) is 18.6. The second kappa shape index (κ2) is 8.96. The van der Waals surface area contributed by atoms with Gasteiger partial charge in [0.15, 0.2) is 5.11 Å². The minimum atomic E-state index is -0.181. The van der Waals surface area contributed by atoms with Crippen LogP contribution in [0.2, 0.25) is 0 Å². The molecule has 0 saturated carbocycles. The van der Waals surface area contributed by atoms with Crippen LogP contribution in [0.15, 0.2) is 48.5 Å². The smallest absolute Gasteiger partial charge is 0.173 e. The Bertz CT molecular complexity index is 747. The third-order valence-corrected chi connectivity index (χ3v) is 4.74. The largest absolute Gasteiger partial charge is 0.492 e. The van der Waals surface area contributed by atoms with Crippen LogP contribution in [0.5, 0.6) is 5.75 Å². The Labute approximate surface area is 159 Å². The van der Waals surface area contributed by atoms with Gasteiger partial charge in [0.05, 0.1) is 12.3 Å². The zero-order valence-electron chi connectivity index (χ0n) is 15.0. The molecule has 1 aliphatic rings. The molecule has 138 valence electrons. The van der Waals surface area contributed by atoms with Crippen LogP contribution >= 0.6 is 12.2 Å². The number of halogens is 1. The van der Waals surface area contributed by atoms with E-state index in [-0.39, 0.29) is 5.82 Å². The van der Waals surface area contributed by atoms with Crippen molar-refractivity contribution < 1.29 is 9.13 Å². The Morgan fingerprint density at radius 1 is 1.12 bits per heavy atom. The maximum atomic E-state index is 13.3. The molecule has 6 heteroatoms. The van der Waals surface area contributed by atoms with E-state index in [4.69, 9.17) is 17.0 Å². The van der Waals surface area contributed by atoms with Crippen LogP contribution in [0.25, 0.3) is 0 Å². The molecule has 3 rings (SSSR count). The second-order valence-electron chi connectivity index (χ2n) is 6.25. The van der Waals surface area contributed by atoms with Gasteiger partial charge in [-0.25, -0.2) is 4.39 Å². The first-order valence-corrected chi connectivity index (χ1v) is 9.31. The van der Waals surface area contributed by atoms with Crippen LogP contribution < -0.4 is 10.1 Å². The Kier molecular flexibility index (Phi) is 6.41. The molecule has 0 atom stereocenters. The molecule has 26 heavy (non-hydrogen) atoms. The number of anilines is 1. The molecule has 1 saturated heterocycles. The van der Waals surface area contributed by atoms with Crippen molar-refractivity contribution in [1.82, 2.24) is 9.80 Å². The maximum Gasteiger partial charge on any atom is 0.173 e. The van der Waals surface area contributed by atoms with Crippen molar-refractivity contribution in [3.05, 3.63) is 59.9 Å². The van der Waals surface area contributed by atoms with Gasteiger partial charge < -0.3 is 15.0 Å². The van der Waals surface area contributed by atoms with E-state index in [1.807, 2.05) is 37.3 Å². The molecule has 1 heterocycles. The number of hydrogen-bond donors (Lipinski definition) is 1. The number of benzene rings is 2. The third-order valence-electron chi connectivity index (χ3n) is 4.38. The number of piperazine rings is 1. The number of para-hydroxylation sites is 2. The van der Waals surface area contributed by atoms with E-state index in [1.165, 1.54) is 6.07 Å². The minimum Gasteiger partial charge on any atom is -0.492 e. The van der Waals surface area contributed by atoms with Crippen molar-refractivity contribution in [2.75, 3.05) is 38.1 Å². The first-order valence-electron chi connectivity index (χ1n) is 8.90. The zero-order valence-corrected chi connectivity index (χ0v) is 15.8. The SMILES string of the molecule is CCOc1ccccc1NC(=S)N1CCN(Cc2cccc(F)c2)CC1. The second-order valence-corrected chi connectivity index (χ2v) is 6.64. The van der Waals surface area contributed by atoms with Gasteiger partial charge in [0, 0.05) is 32.7 Å². The Hall–Kier alpha value is -2.18. The molecule has 1 fully saturated rings. The highest BCUT2D eigenvalue weighted by Crippen LogP contribution is 2.24. The summed E-state index contributed by atoms with van der Waals surface area (Å²) in [6, 6.07) is 14.6. The lowest BCUT2D eigenvalue weighted by Crippen LogP contribution is -2.49. The minimum absolute atomic E-state index is 0.181. The topological polar surface area (TPSA) is 27.7 Å². The van der Waals surface area contributed by atoms with Crippen molar-refractivity contribution in [2.45, 2.75) is 13.5 Å². The molecule has 2 aromatic carbocycles. The van der Waals surface area contributed by atoms with Crippen LogP contribution in [0, 0.1) is 5.82 Å². The lowest BCUT2D eigenvalue weighted by atomic mass is 10.2. The summed E-state index contributed by atoms with van der Waals surface area (Å²) < 4.78 is 19.0. The monoisotopic (exact) mass is 373 g/mol. The standard InChI is InChI=1S/C20H24FN3OS/c1-2-25-19-9-4-3-8-18(19)22-20(26)24-12-10-23(11-13-24)15-16-6-5-7-17(21)14-16/h3-9,14H,2,10-13,15H2,1H3,(H,22,26). The normalized spacial score (nSPS) is 14.9. The molecule has 0 aliphatic carbocycles. The summed E-state index contributed by atoms with van der Waals surface area (Å²) >= 11 is 5.58. The van der Waals surface area contributed by atoms with Gasteiger partial charge in [-0.1, -0.05) is 24.3 Å². The van der Waals surface area contributed by atoms with Gasteiger partial charge in [-0.3, -0.25) is 4.90 Å². The van der Waals surface area contributed by atoms with E-state index >= 15 is 0 Å². The van der Waals surface area contributed by atoms with Gasteiger partial charge in [-0.05, 0) is 49.0 Å². The zero-order chi connectivity index (χ0) is 18.4. The van der Waals surface area contributed by atoms with Crippen LogP contribution in [0.1, 0.15) is 12.5 Å². The fraction of sp³-hybridized carbons (Fsp3) is 0.350. The molecular weight excluding hydrogens is 349 g/mol. The highest BCUT2D eigenvalue weighted by Gasteiger charge is 2.19. The van der Waals surface area contributed by atoms with Gasteiger partial charge in [0.25, 0.3) is 0 Å². The summed E-state index contributed by atoms with van der Waals surface area (Å²) in [6.07, 6.45) is 0. The maximum absolute atomic E-state index is 13.3. The molecule has 0 amide bonds. The van der Waals surface area contributed by atoms with Crippen molar-refractivity contribution in [3.63, 3.8) is 0 Å². The number of nitrogens with zero attached hydrogens (tertiary/aromatic N) is 2. The summed E-state index contributed by atoms with van der Waals surface area (Å²) in [5.41, 5.74) is 1.89. The molecule has 0 bridgehead atoms.